The highest BCUT2D eigenvalue weighted by Gasteiger charge is 2.25. The molecule has 1 rings (SSSR count). The summed E-state index contributed by atoms with van der Waals surface area (Å²) >= 11 is 0. The number of nitriles is 1. The molecule has 0 aliphatic heterocycles. The normalized spacial score (nSPS) is 10.5. The summed E-state index contributed by atoms with van der Waals surface area (Å²) in [5.41, 5.74) is -0.0771. The predicted octanol–water partition coefficient (Wildman–Crippen LogP) is 2.42. The lowest BCUT2D eigenvalue weighted by atomic mass is 9.85. The fourth-order valence-corrected chi connectivity index (χ4v) is 1.89. The van der Waals surface area contributed by atoms with Gasteiger partial charge in [-0.15, -0.1) is 0 Å². The van der Waals surface area contributed by atoms with Crippen LogP contribution in [0.25, 0.3) is 0 Å². The van der Waals surface area contributed by atoms with Gasteiger partial charge in [-0.25, -0.2) is 0 Å². The van der Waals surface area contributed by atoms with Gasteiger partial charge in [0, 0.05) is 18.2 Å². The van der Waals surface area contributed by atoms with Gasteiger partial charge in [-0.05, 0) is 17.5 Å². The van der Waals surface area contributed by atoms with E-state index in [0.717, 1.165) is 0 Å². The van der Waals surface area contributed by atoms with E-state index >= 15 is 0 Å². The Morgan fingerprint density at radius 2 is 2.10 bits per heavy atom. The van der Waals surface area contributed by atoms with E-state index in [4.69, 9.17) is 15.1 Å². The molecule has 1 aromatic carbocycles. The van der Waals surface area contributed by atoms with Crippen LogP contribution in [-0.4, -0.2) is 23.6 Å². The molecule has 0 spiro atoms. The number of carboxylic acid groups (broad SMARTS) is 1. The zero-order valence-corrected chi connectivity index (χ0v) is 12.0. The number of nitrogens with zero attached hydrogens (tertiary/aromatic N) is 1. The molecule has 0 fully saturated rings. The maximum atomic E-state index is 11.9. The Labute approximate surface area is 123 Å². The van der Waals surface area contributed by atoms with E-state index in [2.05, 4.69) is 5.32 Å². The minimum Gasteiger partial charge on any atom is -0.481 e. The van der Waals surface area contributed by atoms with Gasteiger partial charge in [-0.3, -0.25) is 9.59 Å². The molecule has 112 valence electrons. The SMILES string of the molecule is CC(C)(CC(=O)O)CC(=O)Nc1cccc(OCC#N)c1. The standard InChI is InChI=1S/C15H18N2O4/c1-15(2,10-14(19)20)9-13(18)17-11-4-3-5-12(8-11)21-7-6-16/h3-5,8H,7,9-10H2,1-2H3,(H,17,18)(H,19,20). The molecule has 0 bridgehead atoms. The van der Waals surface area contributed by atoms with Gasteiger partial charge in [0.1, 0.15) is 11.8 Å². The lowest BCUT2D eigenvalue weighted by Gasteiger charge is -2.21. The molecular weight excluding hydrogens is 272 g/mol. The van der Waals surface area contributed by atoms with Crippen molar-refractivity contribution in [3.8, 4) is 11.8 Å². The first-order chi connectivity index (χ1) is 9.82. The van der Waals surface area contributed by atoms with Crippen LogP contribution >= 0.6 is 0 Å². The summed E-state index contributed by atoms with van der Waals surface area (Å²) in [5.74, 6) is -0.711. The first kappa shape index (κ1) is 16.5. The molecule has 2 N–H and O–H groups in total. The fraction of sp³-hybridized carbons (Fsp3) is 0.400. The van der Waals surface area contributed by atoms with Crippen molar-refractivity contribution < 1.29 is 19.4 Å². The Balaban J connectivity index is 2.62. The first-order valence-electron chi connectivity index (χ1n) is 6.44. The summed E-state index contributed by atoms with van der Waals surface area (Å²) in [7, 11) is 0. The van der Waals surface area contributed by atoms with Gasteiger partial charge in [-0.2, -0.15) is 5.26 Å². The third kappa shape index (κ3) is 6.43. The number of carboxylic acids is 1. The van der Waals surface area contributed by atoms with E-state index < -0.39 is 11.4 Å². The number of anilines is 1. The summed E-state index contributed by atoms with van der Waals surface area (Å²) in [5, 5.41) is 19.9. The van der Waals surface area contributed by atoms with Gasteiger partial charge < -0.3 is 15.2 Å². The molecular formula is C15H18N2O4. The van der Waals surface area contributed by atoms with E-state index in [1.165, 1.54) is 0 Å². The smallest absolute Gasteiger partial charge is 0.303 e. The summed E-state index contributed by atoms with van der Waals surface area (Å²) in [4.78, 5) is 22.7. The van der Waals surface area contributed by atoms with Crippen LogP contribution in [0.1, 0.15) is 26.7 Å². The number of carbonyl (C=O) groups is 2. The first-order valence-corrected chi connectivity index (χ1v) is 6.44. The molecule has 0 aromatic heterocycles. The van der Waals surface area contributed by atoms with Gasteiger partial charge in [0.25, 0.3) is 0 Å². The molecule has 0 saturated carbocycles. The Kier molecular flexibility index (Phi) is 5.73. The number of rotatable bonds is 7. The fourth-order valence-electron chi connectivity index (χ4n) is 1.89. The van der Waals surface area contributed by atoms with Gasteiger partial charge in [-0.1, -0.05) is 19.9 Å². The lowest BCUT2D eigenvalue weighted by molar-refractivity contribution is -0.139. The Morgan fingerprint density at radius 1 is 1.38 bits per heavy atom. The minimum absolute atomic E-state index is 0.0664. The summed E-state index contributed by atoms with van der Waals surface area (Å²) in [6.45, 7) is 3.39. The van der Waals surface area contributed by atoms with E-state index in [-0.39, 0.29) is 25.4 Å². The molecule has 0 aliphatic rings. The van der Waals surface area contributed by atoms with E-state index in [9.17, 15) is 9.59 Å². The van der Waals surface area contributed by atoms with Crippen molar-refractivity contribution in [2.75, 3.05) is 11.9 Å². The highest BCUT2D eigenvalue weighted by Crippen LogP contribution is 2.26. The average molecular weight is 290 g/mol. The van der Waals surface area contributed by atoms with Crippen molar-refractivity contribution in [3.05, 3.63) is 24.3 Å². The Morgan fingerprint density at radius 3 is 2.71 bits per heavy atom. The number of nitrogens with one attached hydrogen (secondary N) is 1. The maximum absolute atomic E-state index is 11.9. The van der Waals surface area contributed by atoms with Crippen molar-refractivity contribution in [1.29, 1.82) is 5.26 Å². The zero-order valence-electron chi connectivity index (χ0n) is 12.0. The topological polar surface area (TPSA) is 99.4 Å². The molecule has 6 heteroatoms. The van der Waals surface area contributed by atoms with Crippen molar-refractivity contribution in [2.45, 2.75) is 26.7 Å². The minimum atomic E-state index is -0.931. The molecule has 1 aromatic rings. The number of amides is 1. The Hall–Kier alpha value is -2.55. The number of ether oxygens (including phenoxy) is 1. The number of hydrogen-bond donors (Lipinski definition) is 2. The molecule has 0 aliphatic carbocycles. The number of aliphatic carboxylic acids is 1. The lowest BCUT2D eigenvalue weighted by Crippen LogP contribution is -2.24. The van der Waals surface area contributed by atoms with Crippen molar-refractivity contribution >= 4 is 17.6 Å². The maximum Gasteiger partial charge on any atom is 0.303 e. The average Bonchev–Trinajstić information content (AvgIpc) is 2.34. The summed E-state index contributed by atoms with van der Waals surface area (Å²) < 4.78 is 5.14. The predicted molar refractivity (Wildman–Crippen MR) is 76.8 cm³/mol. The van der Waals surface area contributed by atoms with Crippen LogP contribution in [0.15, 0.2) is 24.3 Å². The second kappa shape index (κ2) is 7.29. The molecule has 21 heavy (non-hydrogen) atoms. The van der Waals surface area contributed by atoms with Crippen molar-refractivity contribution in [2.24, 2.45) is 5.41 Å². The third-order valence-corrected chi connectivity index (χ3v) is 2.69. The largest absolute Gasteiger partial charge is 0.481 e. The van der Waals surface area contributed by atoms with Crippen molar-refractivity contribution in [3.63, 3.8) is 0 Å². The van der Waals surface area contributed by atoms with Gasteiger partial charge in [0.2, 0.25) is 5.91 Å². The molecule has 0 radical (unpaired) electrons. The van der Waals surface area contributed by atoms with E-state index in [1.54, 1.807) is 38.1 Å². The molecule has 0 unspecified atom stereocenters. The molecule has 0 heterocycles. The highest BCUT2D eigenvalue weighted by molar-refractivity contribution is 5.91. The van der Waals surface area contributed by atoms with Crippen LogP contribution < -0.4 is 10.1 Å². The Bertz CT molecular complexity index is 561. The van der Waals surface area contributed by atoms with Gasteiger partial charge in [0.15, 0.2) is 6.61 Å². The molecule has 6 nitrogen and oxygen atoms in total. The zero-order chi connectivity index (χ0) is 15.9. The van der Waals surface area contributed by atoms with Crippen molar-refractivity contribution in [1.82, 2.24) is 0 Å². The molecule has 1 amide bonds. The number of hydrogen-bond acceptors (Lipinski definition) is 4. The third-order valence-electron chi connectivity index (χ3n) is 2.69. The highest BCUT2D eigenvalue weighted by atomic mass is 16.5. The monoisotopic (exact) mass is 290 g/mol. The quantitative estimate of drug-likeness (QED) is 0.803. The van der Waals surface area contributed by atoms with Crippen LogP contribution in [0, 0.1) is 16.7 Å². The van der Waals surface area contributed by atoms with E-state index in [0.29, 0.717) is 11.4 Å². The van der Waals surface area contributed by atoms with Crippen LogP contribution in [0.3, 0.4) is 0 Å². The summed E-state index contributed by atoms with van der Waals surface area (Å²) in [6.07, 6.45) is 0.0221. The number of benzene rings is 1. The summed E-state index contributed by atoms with van der Waals surface area (Å²) in [6, 6.07) is 8.55. The molecule has 0 saturated heterocycles. The van der Waals surface area contributed by atoms with Crippen LogP contribution in [-0.2, 0) is 9.59 Å². The van der Waals surface area contributed by atoms with E-state index in [1.807, 2.05) is 6.07 Å². The van der Waals surface area contributed by atoms with Gasteiger partial charge >= 0.3 is 5.97 Å². The number of carbonyl (C=O) groups excluding carboxylic acids is 1. The second-order valence-electron chi connectivity index (χ2n) is 5.43. The van der Waals surface area contributed by atoms with Crippen LogP contribution in [0.2, 0.25) is 0 Å². The molecule has 0 atom stereocenters. The van der Waals surface area contributed by atoms with Crippen LogP contribution in [0.4, 0.5) is 5.69 Å². The van der Waals surface area contributed by atoms with Gasteiger partial charge in [0.05, 0.1) is 6.42 Å². The van der Waals surface area contributed by atoms with Crippen LogP contribution in [0.5, 0.6) is 5.75 Å². The second-order valence-corrected chi connectivity index (χ2v) is 5.43.